The standard InChI is InChI=1S/C13H21N5O/c1-13(2,14)12(19)18-8-4-5-9(18)10-11(15-3)17-7-6-16-10/h6-7,9H,4-5,8,14H2,1-3H3,(H,15,17). The van der Waals surface area contributed by atoms with Crippen molar-refractivity contribution in [3.63, 3.8) is 0 Å². The van der Waals surface area contributed by atoms with Gasteiger partial charge in [-0.25, -0.2) is 4.98 Å². The van der Waals surface area contributed by atoms with Gasteiger partial charge in [0.1, 0.15) is 11.5 Å². The van der Waals surface area contributed by atoms with Gasteiger partial charge in [0.25, 0.3) is 0 Å². The fraction of sp³-hybridized carbons (Fsp3) is 0.615. The molecule has 1 atom stereocenters. The van der Waals surface area contributed by atoms with E-state index in [2.05, 4.69) is 15.3 Å². The highest BCUT2D eigenvalue weighted by atomic mass is 16.2. The number of nitrogens with two attached hydrogens (primary N) is 1. The molecule has 1 unspecified atom stereocenters. The Kier molecular flexibility index (Phi) is 3.71. The minimum atomic E-state index is -0.857. The third-order valence-electron chi connectivity index (χ3n) is 3.34. The van der Waals surface area contributed by atoms with Crippen molar-refractivity contribution in [2.75, 3.05) is 18.9 Å². The van der Waals surface area contributed by atoms with E-state index in [0.717, 1.165) is 30.9 Å². The van der Waals surface area contributed by atoms with E-state index < -0.39 is 5.54 Å². The fourth-order valence-corrected chi connectivity index (χ4v) is 2.45. The topological polar surface area (TPSA) is 84.1 Å². The maximum atomic E-state index is 12.4. The molecule has 19 heavy (non-hydrogen) atoms. The van der Waals surface area contributed by atoms with E-state index in [-0.39, 0.29) is 11.9 Å². The van der Waals surface area contributed by atoms with Gasteiger partial charge in [-0.05, 0) is 26.7 Å². The van der Waals surface area contributed by atoms with Gasteiger partial charge in [0.2, 0.25) is 5.91 Å². The lowest BCUT2D eigenvalue weighted by atomic mass is 10.0. The van der Waals surface area contributed by atoms with Crippen LogP contribution in [0.4, 0.5) is 5.82 Å². The summed E-state index contributed by atoms with van der Waals surface area (Å²) in [6.07, 6.45) is 5.16. The summed E-state index contributed by atoms with van der Waals surface area (Å²) in [6.45, 7) is 4.20. The third-order valence-corrected chi connectivity index (χ3v) is 3.34. The lowest BCUT2D eigenvalue weighted by molar-refractivity contribution is -0.136. The van der Waals surface area contributed by atoms with Crippen LogP contribution >= 0.6 is 0 Å². The number of anilines is 1. The Balaban J connectivity index is 2.31. The van der Waals surface area contributed by atoms with Gasteiger partial charge in [-0.2, -0.15) is 0 Å². The average molecular weight is 263 g/mol. The zero-order valence-corrected chi connectivity index (χ0v) is 11.7. The summed E-state index contributed by atoms with van der Waals surface area (Å²) in [7, 11) is 1.81. The van der Waals surface area contributed by atoms with Gasteiger partial charge in [-0.1, -0.05) is 0 Å². The molecule has 2 heterocycles. The van der Waals surface area contributed by atoms with Gasteiger partial charge >= 0.3 is 0 Å². The van der Waals surface area contributed by atoms with Crippen LogP contribution in [0.25, 0.3) is 0 Å². The van der Waals surface area contributed by atoms with E-state index in [9.17, 15) is 4.79 Å². The van der Waals surface area contributed by atoms with E-state index in [1.54, 1.807) is 26.2 Å². The van der Waals surface area contributed by atoms with Crippen molar-refractivity contribution < 1.29 is 4.79 Å². The molecule has 6 heteroatoms. The maximum Gasteiger partial charge on any atom is 0.242 e. The summed E-state index contributed by atoms with van der Waals surface area (Å²) < 4.78 is 0. The first-order chi connectivity index (χ1) is 8.95. The molecule has 1 aliphatic rings. The molecule has 0 saturated carbocycles. The Morgan fingerprint density at radius 3 is 2.79 bits per heavy atom. The van der Waals surface area contributed by atoms with Crippen molar-refractivity contribution >= 4 is 11.7 Å². The second-order valence-electron chi connectivity index (χ2n) is 5.42. The number of nitrogens with zero attached hydrogens (tertiary/aromatic N) is 3. The highest BCUT2D eigenvalue weighted by molar-refractivity contribution is 5.86. The molecule has 0 bridgehead atoms. The van der Waals surface area contributed by atoms with Crippen molar-refractivity contribution in [2.24, 2.45) is 5.73 Å². The van der Waals surface area contributed by atoms with Crippen LogP contribution in [0.15, 0.2) is 12.4 Å². The van der Waals surface area contributed by atoms with Crippen molar-refractivity contribution in [1.29, 1.82) is 0 Å². The maximum absolute atomic E-state index is 12.4. The Bertz CT molecular complexity index is 468. The van der Waals surface area contributed by atoms with Crippen molar-refractivity contribution in [3.8, 4) is 0 Å². The van der Waals surface area contributed by atoms with Crippen LogP contribution in [0.1, 0.15) is 38.4 Å². The Labute approximate surface area is 113 Å². The normalized spacial score (nSPS) is 19.6. The Morgan fingerprint density at radius 2 is 2.16 bits per heavy atom. The van der Waals surface area contributed by atoms with Crippen molar-refractivity contribution in [3.05, 3.63) is 18.1 Å². The van der Waals surface area contributed by atoms with Gasteiger partial charge in [0, 0.05) is 26.0 Å². The molecule has 1 amide bonds. The average Bonchev–Trinajstić information content (AvgIpc) is 2.85. The summed E-state index contributed by atoms with van der Waals surface area (Å²) in [4.78, 5) is 22.8. The predicted molar refractivity (Wildman–Crippen MR) is 73.5 cm³/mol. The summed E-state index contributed by atoms with van der Waals surface area (Å²) in [6, 6.07) is -0.0357. The van der Waals surface area contributed by atoms with Crippen LogP contribution in [0.5, 0.6) is 0 Å². The number of rotatable bonds is 3. The zero-order chi connectivity index (χ0) is 14.0. The van der Waals surface area contributed by atoms with Gasteiger partial charge in [-0.3, -0.25) is 9.78 Å². The lowest BCUT2D eigenvalue weighted by Gasteiger charge is -2.30. The summed E-state index contributed by atoms with van der Waals surface area (Å²) in [5, 5.41) is 3.03. The molecule has 0 radical (unpaired) electrons. The molecule has 0 aliphatic carbocycles. The van der Waals surface area contributed by atoms with E-state index in [0.29, 0.717) is 0 Å². The minimum absolute atomic E-state index is 0.0357. The second kappa shape index (κ2) is 5.13. The number of nitrogens with one attached hydrogen (secondary N) is 1. The SMILES string of the molecule is CNc1nccnc1C1CCCN1C(=O)C(C)(C)N. The highest BCUT2D eigenvalue weighted by Gasteiger charge is 2.37. The first-order valence-electron chi connectivity index (χ1n) is 6.53. The number of amides is 1. The Morgan fingerprint density at radius 1 is 1.47 bits per heavy atom. The van der Waals surface area contributed by atoms with Crippen LogP contribution in [0, 0.1) is 0 Å². The molecule has 104 valence electrons. The van der Waals surface area contributed by atoms with Crippen LogP contribution < -0.4 is 11.1 Å². The van der Waals surface area contributed by atoms with Crippen LogP contribution in [0.3, 0.4) is 0 Å². The van der Waals surface area contributed by atoms with E-state index in [1.807, 2.05) is 11.9 Å². The Hall–Kier alpha value is -1.69. The number of hydrogen-bond donors (Lipinski definition) is 2. The number of hydrogen-bond acceptors (Lipinski definition) is 5. The molecule has 1 aromatic heterocycles. The van der Waals surface area contributed by atoms with E-state index in [1.165, 1.54) is 0 Å². The quantitative estimate of drug-likeness (QED) is 0.847. The van der Waals surface area contributed by atoms with Crippen molar-refractivity contribution in [1.82, 2.24) is 14.9 Å². The summed E-state index contributed by atoms with van der Waals surface area (Å²) >= 11 is 0. The highest BCUT2D eigenvalue weighted by Crippen LogP contribution is 2.34. The van der Waals surface area contributed by atoms with Gasteiger partial charge in [-0.15, -0.1) is 0 Å². The largest absolute Gasteiger partial charge is 0.372 e. The molecule has 1 aromatic rings. The zero-order valence-electron chi connectivity index (χ0n) is 11.7. The number of aromatic nitrogens is 2. The monoisotopic (exact) mass is 263 g/mol. The molecule has 1 fully saturated rings. The summed E-state index contributed by atoms with van der Waals surface area (Å²) in [5.41, 5.74) is 5.89. The molecule has 6 nitrogen and oxygen atoms in total. The second-order valence-corrected chi connectivity index (χ2v) is 5.42. The molecule has 1 saturated heterocycles. The predicted octanol–water partition coefficient (Wildman–Crippen LogP) is 0.919. The van der Waals surface area contributed by atoms with Crippen LogP contribution in [-0.2, 0) is 4.79 Å². The smallest absolute Gasteiger partial charge is 0.242 e. The van der Waals surface area contributed by atoms with E-state index in [4.69, 9.17) is 5.73 Å². The number of carbonyl (C=O) groups excluding carboxylic acids is 1. The molecule has 0 aromatic carbocycles. The third kappa shape index (κ3) is 2.68. The van der Waals surface area contributed by atoms with Crippen LogP contribution in [0.2, 0.25) is 0 Å². The first kappa shape index (κ1) is 13.7. The molecular weight excluding hydrogens is 242 g/mol. The number of carbonyl (C=O) groups is 1. The van der Waals surface area contributed by atoms with Gasteiger partial charge in [0.15, 0.2) is 0 Å². The molecular formula is C13H21N5O. The minimum Gasteiger partial charge on any atom is -0.372 e. The number of likely N-dealkylation sites (tertiary alicyclic amines) is 1. The van der Waals surface area contributed by atoms with Gasteiger partial charge < -0.3 is 16.0 Å². The summed E-state index contributed by atoms with van der Waals surface area (Å²) in [5.74, 6) is 0.685. The van der Waals surface area contributed by atoms with Crippen LogP contribution in [-0.4, -0.2) is 39.9 Å². The van der Waals surface area contributed by atoms with Crippen molar-refractivity contribution in [2.45, 2.75) is 38.3 Å². The van der Waals surface area contributed by atoms with Gasteiger partial charge in [0.05, 0.1) is 11.6 Å². The fourth-order valence-electron chi connectivity index (χ4n) is 2.45. The first-order valence-corrected chi connectivity index (χ1v) is 6.53. The van der Waals surface area contributed by atoms with E-state index >= 15 is 0 Å². The molecule has 0 spiro atoms. The molecule has 2 rings (SSSR count). The molecule has 1 aliphatic heterocycles. The lowest BCUT2D eigenvalue weighted by Crippen LogP contribution is -2.50. The molecule has 3 N–H and O–H groups in total.